The van der Waals surface area contributed by atoms with Gasteiger partial charge in [-0.15, -0.1) is 0 Å². The molecule has 3 N–H and O–H groups in total. The molecule has 9 heteroatoms. The average Bonchev–Trinajstić information content (AvgIpc) is 2.79. The third kappa shape index (κ3) is 5.91. The van der Waals surface area contributed by atoms with Gasteiger partial charge in [-0.05, 0) is 61.8 Å². The van der Waals surface area contributed by atoms with Crippen LogP contribution in [0.1, 0.15) is 39.3 Å². The lowest BCUT2D eigenvalue weighted by Crippen LogP contribution is -2.47. The molecule has 34 heavy (non-hydrogen) atoms. The summed E-state index contributed by atoms with van der Waals surface area (Å²) in [5, 5.41) is 8.91. The van der Waals surface area contributed by atoms with Crippen molar-refractivity contribution in [1.29, 1.82) is 0 Å². The van der Waals surface area contributed by atoms with E-state index in [1.54, 1.807) is 36.4 Å². The van der Waals surface area contributed by atoms with Crippen LogP contribution in [-0.4, -0.2) is 35.2 Å². The predicted molar refractivity (Wildman–Crippen MR) is 135 cm³/mol. The number of thiocarbonyl (C=S) groups is 1. The summed E-state index contributed by atoms with van der Waals surface area (Å²) in [4.78, 5) is 27.1. The average molecular weight is 485 g/mol. The Hall–Kier alpha value is -3.46. The summed E-state index contributed by atoms with van der Waals surface area (Å²) in [5.41, 5.74) is 2.62. The molecule has 0 aliphatic carbocycles. The van der Waals surface area contributed by atoms with Gasteiger partial charge in [0.25, 0.3) is 0 Å². The van der Waals surface area contributed by atoms with Crippen molar-refractivity contribution in [3.05, 3.63) is 71.2 Å². The van der Waals surface area contributed by atoms with E-state index in [0.717, 1.165) is 11.3 Å². The number of carbonyl (C=O) groups excluding carboxylic acids is 2. The molecular formula is C25H29FN4O3S. The lowest BCUT2D eigenvalue weighted by atomic mass is 9.95. The maximum atomic E-state index is 13.8. The van der Waals surface area contributed by atoms with Crippen molar-refractivity contribution in [1.82, 2.24) is 10.2 Å². The van der Waals surface area contributed by atoms with Gasteiger partial charge in [0.2, 0.25) is 0 Å². The zero-order chi connectivity index (χ0) is 24.8. The number of nitrogens with zero attached hydrogens (tertiary/aromatic N) is 1. The molecule has 1 aliphatic heterocycles. The van der Waals surface area contributed by atoms with Gasteiger partial charge in [0.05, 0.1) is 23.9 Å². The van der Waals surface area contributed by atoms with Crippen LogP contribution in [0.3, 0.4) is 0 Å². The lowest BCUT2D eigenvalue weighted by Gasteiger charge is -2.37. The van der Waals surface area contributed by atoms with Gasteiger partial charge in [0.15, 0.2) is 5.11 Å². The SMILES string of the molecule is CCN1C(=S)NC(c2ccc(NC(=O)Nc3ccccc3F)cc2)C(C(=O)OCC(C)C)=C1C. The first kappa shape index (κ1) is 25.2. The highest BCUT2D eigenvalue weighted by Gasteiger charge is 2.34. The van der Waals surface area contributed by atoms with E-state index < -0.39 is 23.9 Å². The van der Waals surface area contributed by atoms with E-state index in [2.05, 4.69) is 16.0 Å². The summed E-state index contributed by atoms with van der Waals surface area (Å²) in [7, 11) is 0. The molecule has 3 rings (SSSR count). The van der Waals surface area contributed by atoms with Crippen molar-refractivity contribution in [3.8, 4) is 0 Å². The summed E-state index contributed by atoms with van der Waals surface area (Å²) in [6, 6.07) is 11.9. The fraction of sp³-hybridized carbons (Fsp3) is 0.320. The summed E-state index contributed by atoms with van der Waals surface area (Å²) in [5.74, 6) is -0.701. The van der Waals surface area contributed by atoms with Gasteiger partial charge < -0.3 is 25.6 Å². The van der Waals surface area contributed by atoms with Crippen LogP contribution in [0.15, 0.2) is 59.8 Å². The minimum Gasteiger partial charge on any atom is -0.462 e. The predicted octanol–water partition coefficient (Wildman–Crippen LogP) is 5.19. The number of amides is 2. The molecule has 1 heterocycles. The Bertz CT molecular complexity index is 1100. The van der Waals surface area contributed by atoms with Crippen molar-refractivity contribution >= 4 is 40.7 Å². The first-order chi connectivity index (χ1) is 16.2. The first-order valence-electron chi connectivity index (χ1n) is 11.1. The molecule has 1 unspecified atom stereocenters. The van der Waals surface area contributed by atoms with Crippen molar-refractivity contribution in [2.24, 2.45) is 5.92 Å². The quantitative estimate of drug-likeness (QED) is 0.370. The van der Waals surface area contributed by atoms with E-state index >= 15 is 0 Å². The fourth-order valence-electron chi connectivity index (χ4n) is 3.60. The second-order valence-corrected chi connectivity index (χ2v) is 8.69. The molecule has 0 fully saturated rings. The Morgan fingerprint density at radius 3 is 2.44 bits per heavy atom. The molecule has 2 amide bonds. The largest absolute Gasteiger partial charge is 0.462 e. The van der Waals surface area contributed by atoms with Gasteiger partial charge in [0.1, 0.15) is 5.82 Å². The molecule has 180 valence electrons. The molecule has 2 aromatic carbocycles. The second-order valence-electron chi connectivity index (χ2n) is 8.30. The van der Waals surface area contributed by atoms with Crippen LogP contribution in [0.4, 0.5) is 20.6 Å². The standard InChI is InChI=1S/C25H29FN4O3S/c1-5-30-16(4)21(23(31)33-14-15(2)3)22(29-25(30)34)17-10-12-18(13-11-17)27-24(32)28-20-9-7-6-8-19(20)26/h6-13,15,22H,5,14H2,1-4H3,(H,29,34)(H2,27,28,32). The number of ether oxygens (including phenoxy) is 1. The number of benzene rings is 2. The van der Waals surface area contributed by atoms with Crippen LogP contribution >= 0.6 is 12.2 Å². The Labute approximate surface area is 204 Å². The number of halogens is 1. The number of nitrogens with one attached hydrogen (secondary N) is 3. The van der Waals surface area contributed by atoms with Gasteiger partial charge >= 0.3 is 12.0 Å². The Balaban J connectivity index is 1.79. The number of para-hydroxylation sites is 1. The third-order valence-electron chi connectivity index (χ3n) is 5.30. The molecule has 1 aliphatic rings. The normalized spacial score (nSPS) is 15.8. The van der Waals surface area contributed by atoms with E-state index in [9.17, 15) is 14.0 Å². The van der Waals surface area contributed by atoms with Crippen LogP contribution in [0.2, 0.25) is 0 Å². The maximum absolute atomic E-state index is 13.8. The van der Waals surface area contributed by atoms with Gasteiger partial charge in [-0.2, -0.15) is 0 Å². The molecule has 0 saturated heterocycles. The molecule has 0 saturated carbocycles. The van der Waals surface area contributed by atoms with Crippen LogP contribution in [0.5, 0.6) is 0 Å². The number of carbonyl (C=O) groups is 2. The van der Waals surface area contributed by atoms with E-state index in [4.69, 9.17) is 17.0 Å². The van der Waals surface area contributed by atoms with E-state index in [0.29, 0.717) is 29.5 Å². The van der Waals surface area contributed by atoms with Crippen molar-refractivity contribution < 1.29 is 18.7 Å². The van der Waals surface area contributed by atoms with Crippen molar-refractivity contribution in [2.75, 3.05) is 23.8 Å². The highest BCUT2D eigenvalue weighted by atomic mass is 32.1. The highest BCUT2D eigenvalue weighted by Crippen LogP contribution is 2.32. The Morgan fingerprint density at radius 1 is 1.15 bits per heavy atom. The smallest absolute Gasteiger partial charge is 0.338 e. The first-order valence-corrected chi connectivity index (χ1v) is 11.5. The van der Waals surface area contributed by atoms with Gasteiger partial charge in [-0.25, -0.2) is 14.0 Å². The van der Waals surface area contributed by atoms with Crippen LogP contribution in [0.25, 0.3) is 0 Å². The molecule has 0 spiro atoms. The molecule has 2 aromatic rings. The van der Waals surface area contributed by atoms with Gasteiger partial charge in [-0.1, -0.05) is 38.1 Å². The minimum absolute atomic E-state index is 0.0854. The number of esters is 1. The van der Waals surface area contributed by atoms with Gasteiger partial charge in [0, 0.05) is 17.9 Å². The van der Waals surface area contributed by atoms with Crippen molar-refractivity contribution in [2.45, 2.75) is 33.7 Å². The van der Waals surface area contributed by atoms with Crippen molar-refractivity contribution in [3.63, 3.8) is 0 Å². The van der Waals surface area contributed by atoms with Crippen LogP contribution in [-0.2, 0) is 9.53 Å². The molecule has 1 atom stereocenters. The minimum atomic E-state index is -0.568. The summed E-state index contributed by atoms with van der Waals surface area (Å²) < 4.78 is 19.3. The number of anilines is 2. The number of urea groups is 1. The van der Waals surface area contributed by atoms with Gasteiger partial charge in [-0.3, -0.25) is 0 Å². The second kappa shape index (κ2) is 11.1. The topological polar surface area (TPSA) is 82.7 Å². The van der Waals surface area contributed by atoms with Crippen LogP contribution in [0, 0.1) is 11.7 Å². The number of hydrogen-bond acceptors (Lipinski definition) is 4. The summed E-state index contributed by atoms with van der Waals surface area (Å²) in [6.07, 6.45) is 0. The number of allylic oxidation sites excluding steroid dienone is 1. The Morgan fingerprint density at radius 2 is 1.82 bits per heavy atom. The van der Waals surface area contributed by atoms with E-state index in [1.807, 2.05) is 32.6 Å². The molecule has 0 aromatic heterocycles. The highest BCUT2D eigenvalue weighted by molar-refractivity contribution is 7.80. The zero-order valence-electron chi connectivity index (χ0n) is 19.6. The van der Waals surface area contributed by atoms with Crippen LogP contribution < -0.4 is 16.0 Å². The summed E-state index contributed by atoms with van der Waals surface area (Å²) >= 11 is 5.51. The van der Waals surface area contributed by atoms with E-state index in [1.165, 1.54) is 12.1 Å². The number of hydrogen-bond donors (Lipinski definition) is 3. The maximum Gasteiger partial charge on any atom is 0.338 e. The zero-order valence-corrected chi connectivity index (χ0v) is 20.5. The lowest BCUT2D eigenvalue weighted by molar-refractivity contribution is -0.140. The Kier molecular flexibility index (Phi) is 8.22. The monoisotopic (exact) mass is 484 g/mol. The fourth-order valence-corrected chi connectivity index (χ4v) is 3.99. The molecule has 0 bridgehead atoms. The molecular weight excluding hydrogens is 455 g/mol. The molecule has 7 nitrogen and oxygen atoms in total. The van der Waals surface area contributed by atoms with E-state index in [-0.39, 0.29) is 11.6 Å². The third-order valence-corrected chi connectivity index (χ3v) is 5.64. The number of rotatable bonds is 7. The molecule has 0 radical (unpaired) electrons. The summed E-state index contributed by atoms with van der Waals surface area (Å²) in [6.45, 7) is 8.71.